The fourth-order valence-electron chi connectivity index (χ4n) is 1.58. The van der Waals surface area contributed by atoms with Gasteiger partial charge in [0.1, 0.15) is 0 Å². The van der Waals surface area contributed by atoms with Crippen molar-refractivity contribution in [2.45, 2.75) is 52.1 Å². The molecule has 0 aromatic carbocycles. The van der Waals surface area contributed by atoms with Gasteiger partial charge in [0.15, 0.2) is 0 Å². The zero-order valence-electron chi connectivity index (χ0n) is 9.13. The number of aromatic nitrogens is 1. The van der Waals surface area contributed by atoms with Crippen molar-refractivity contribution in [2.24, 2.45) is 0 Å². The van der Waals surface area contributed by atoms with Gasteiger partial charge in [-0.05, 0) is 19.8 Å². The first-order valence-electron chi connectivity index (χ1n) is 5.36. The average Bonchev–Trinajstić information content (AvgIpc) is 2.87. The first-order chi connectivity index (χ1) is 6.66. The fourth-order valence-corrected chi connectivity index (χ4v) is 2.56. The third-order valence-electron chi connectivity index (χ3n) is 2.47. The van der Waals surface area contributed by atoms with Crippen LogP contribution in [0.5, 0.6) is 0 Å². The van der Waals surface area contributed by atoms with Crippen LogP contribution in [0.4, 0.5) is 0 Å². The Hall–Kier alpha value is -0.410. The molecule has 0 unspecified atom stereocenters. The molecule has 1 aromatic heterocycles. The lowest BCUT2D eigenvalue weighted by atomic mass is 10.2. The minimum absolute atomic E-state index is 0.560. The summed E-state index contributed by atoms with van der Waals surface area (Å²) in [6.07, 6.45) is 2.69. The van der Waals surface area contributed by atoms with Gasteiger partial charge < -0.3 is 5.32 Å². The molecule has 1 aliphatic rings. The van der Waals surface area contributed by atoms with Gasteiger partial charge in [-0.3, -0.25) is 0 Å². The Morgan fingerprint density at radius 1 is 1.50 bits per heavy atom. The number of nitrogens with zero attached hydrogens (tertiary/aromatic N) is 1. The first-order valence-corrected chi connectivity index (χ1v) is 6.18. The van der Waals surface area contributed by atoms with Crippen LogP contribution in [0.15, 0.2) is 0 Å². The molecule has 0 spiro atoms. The fraction of sp³-hybridized carbons (Fsp3) is 0.727. The summed E-state index contributed by atoms with van der Waals surface area (Å²) >= 11 is 1.85. The van der Waals surface area contributed by atoms with Gasteiger partial charge in [-0.15, -0.1) is 11.3 Å². The first kappa shape index (κ1) is 10.1. The quantitative estimate of drug-likeness (QED) is 0.826. The van der Waals surface area contributed by atoms with Gasteiger partial charge >= 0.3 is 0 Å². The largest absolute Gasteiger partial charge is 0.310 e. The molecule has 0 amide bonds. The summed E-state index contributed by atoms with van der Waals surface area (Å²) in [7, 11) is 0. The van der Waals surface area contributed by atoms with E-state index in [-0.39, 0.29) is 0 Å². The van der Waals surface area contributed by atoms with E-state index in [0.717, 1.165) is 12.5 Å². The van der Waals surface area contributed by atoms with E-state index in [1.54, 1.807) is 0 Å². The van der Waals surface area contributed by atoms with Crippen molar-refractivity contribution in [1.82, 2.24) is 10.3 Å². The standard InChI is InChI=1S/C11H18N2S/c1-7(2)12-6-10-11(9-4-5-9)13-8(3)14-10/h7,9,12H,4-6H2,1-3H3. The van der Waals surface area contributed by atoms with E-state index in [2.05, 4.69) is 31.1 Å². The van der Waals surface area contributed by atoms with Crippen LogP contribution in [0.25, 0.3) is 0 Å². The minimum atomic E-state index is 0.560. The maximum Gasteiger partial charge on any atom is 0.0900 e. The van der Waals surface area contributed by atoms with E-state index in [4.69, 9.17) is 0 Å². The number of aryl methyl sites for hydroxylation is 1. The maximum atomic E-state index is 4.63. The summed E-state index contributed by atoms with van der Waals surface area (Å²) in [6, 6.07) is 0.560. The molecule has 0 saturated heterocycles. The second kappa shape index (κ2) is 3.99. The van der Waals surface area contributed by atoms with Crippen LogP contribution < -0.4 is 5.32 Å². The number of nitrogens with one attached hydrogen (secondary N) is 1. The molecule has 0 atom stereocenters. The lowest BCUT2D eigenvalue weighted by Gasteiger charge is -2.07. The van der Waals surface area contributed by atoms with E-state index in [9.17, 15) is 0 Å². The highest BCUT2D eigenvalue weighted by molar-refractivity contribution is 7.11. The number of rotatable bonds is 4. The summed E-state index contributed by atoms with van der Waals surface area (Å²) in [4.78, 5) is 6.09. The van der Waals surface area contributed by atoms with Crippen LogP contribution in [0.2, 0.25) is 0 Å². The average molecular weight is 210 g/mol. The highest BCUT2D eigenvalue weighted by Crippen LogP contribution is 2.42. The molecule has 1 heterocycles. The van der Waals surface area contributed by atoms with E-state index >= 15 is 0 Å². The van der Waals surface area contributed by atoms with Crippen molar-refractivity contribution in [3.63, 3.8) is 0 Å². The molecule has 0 radical (unpaired) electrons. The number of hydrogen-bond donors (Lipinski definition) is 1. The van der Waals surface area contributed by atoms with Gasteiger partial charge in [0.05, 0.1) is 10.7 Å². The summed E-state index contributed by atoms with van der Waals surface area (Å²) < 4.78 is 0. The zero-order valence-corrected chi connectivity index (χ0v) is 9.95. The van der Waals surface area contributed by atoms with Crippen LogP contribution in [0, 0.1) is 6.92 Å². The van der Waals surface area contributed by atoms with Crippen molar-refractivity contribution in [2.75, 3.05) is 0 Å². The third-order valence-corrected chi connectivity index (χ3v) is 3.46. The van der Waals surface area contributed by atoms with Crippen molar-refractivity contribution in [3.05, 3.63) is 15.6 Å². The Bertz CT molecular complexity index is 313. The molecule has 0 bridgehead atoms. The van der Waals surface area contributed by atoms with Crippen molar-refractivity contribution >= 4 is 11.3 Å². The summed E-state index contributed by atoms with van der Waals surface area (Å²) in [5.74, 6) is 0.781. The van der Waals surface area contributed by atoms with E-state index in [1.165, 1.54) is 28.4 Å². The van der Waals surface area contributed by atoms with Crippen LogP contribution in [0.3, 0.4) is 0 Å². The molecule has 1 N–H and O–H groups in total. The Balaban J connectivity index is 2.06. The highest BCUT2D eigenvalue weighted by atomic mass is 32.1. The number of thiazole rings is 1. The molecule has 1 aliphatic carbocycles. The maximum absolute atomic E-state index is 4.63. The highest BCUT2D eigenvalue weighted by Gasteiger charge is 2.28. The molecule has 2 rings (SSSR count). The molecule has 14 heavy (non-hydrogen) atoms. The molecular formula is C11H18N2S. The van der Waals surface area contributed by atoms with E-state index in [1.807, 2.05) is 11.3 Å². The molecule has 1 fully saturated rings. The predicted molar refractivity (Wildman–Crippen MR) is 60.8 cm³/mol. The van der Waals surface area contributed by atoms with Gasteiger partial charge in [-0.1, -0.05) is 13.8 Å². The van der Waals surface area contributed by atoms with Gasteiger partial charge in [0, 0.05) is 23.4 Å². The smallest absolute Gasteiger partial charge is 0.0900 e. The lowest BCUT2D eigenvalue weighted by molar-refractivity contribution is 0.590. The molecule has 78 valence electrons. The Morgan fingerprint density at radius 3 is 2.79 bits per heavy atom. The minimum Gasteiger partial charge on any atom is -0.310 e. The summed E-state index contributed by atoms with van der Waals surface area (Å²) in [5.41, 5.74) is 1.38. The van der Waals surface area contributed by atoms with Crippen LogP contribution in [-0.2, 0) is 6.54 Å². The molecule has 1 aromatic rings. The second-order valence-electron chi connectivity index (χ2n) is 4.35. The Kier molecular flexibility index (Phi) is 2.88. The molecule has 2 nitrogen and oxygen atoms in total. The SMILES string of the molecule is Cc1nc(C2CC2)c(CNC(C)C)s1. The summed E-state index contributed by atoms with van der Waals surface area (Å²) in [5, 5.41) is 4.68. The van der Waals surface area contributed by atoms with E-state index in [0.29, 0.717) is 6.04 Å². The third kappa shape index (κ3) is 2.34. The summed E-state index contributed by atoms with van der Waals surface area (Å²) in [6.45, 7) is 7.47. The molecule has 3 heteroatoms. The molecular weight excluding hydrogens is 192 g/mol. The molecule has 0 aliphatic heterocycles. The Labute approximate surface area is 89.8 Å². The predicted octanol–water partition coefficient (Wildman–Crippen LogP) is 2.83. The van der Waals surface area contributed by atoms with Crippen LogP contribution in [0.1, 0.15) is 48.2 Å². The van der Waals surface area contributed by atoms with Crippen LogP contribution in [-0.4, -0.2) is 11.0 Å². The molecule has 1 saturated carbocycles. The van der Waals surface area contributed by atoms with Crippen molar-refractivity contribution < 1.29 is 0 Å². The van der Waals surface area contributed by atoms with E-state index < -0.39 is 0 Å². The van der Waals surface area contributed by atoms with Crippen molar-refractivity contribution in [1.29, 1.82) is 0 Å². The van der Waals surface area contributed by atoms with Gasteiger partial charge in [0.25, 0.3) is 0 Å². The van der Waals surface area contributed by atoms with Gasteiger partial charge in [0.2, 0.25) is 0 Å². The van der Waals surface area contributed by atoms with Crippen LogP contribution >= 0.6 is 11.3 Å². The topological polar surface area (TPSA) is 24.9 Å². The van der Waals surface area contributed by atoms with Gasteiger partial charge in [-0.25, -0.2) is 4.98 Å². The lowest BCUT2D eigenvalue weighted by Crippen LogP contribution is -2.21. The monoisotopic (exact) mass is 210 g/mol. The zero-order chi connectivity index (χ0) is 10.1. The van der Waals surface area contributed by atoms with Crippen molar-refractivity contribution in [3.8, 4) is 0 Å². The normalized spacial score (nSPS) is 16.6. The second-order valence-corrected chi connectivity index (χ2v) is 5.64. The number of hydrogen-bond acceptors (Lipinski definition) is 3. The Morgan fingerprint density at radius 2 is 2.21 bits per heavy atom. The van der Waals surface area contributed by atoms with Gasteiger partial charge in [-0.2, -0.15) is 0 Å².